The molecule has 79 valence electrons. The summed E-state index contributed by atoms with van der Waals surface area (Å²) >= 11 is 3.04. The van der Waals surface area contributed by atoms with Gasteiger partial charge in [-0.2, -0.15) is 0 Å². The Bertz CT molecular complexity index is 372. The van der Waals surface area contributed by atoms with E-state index in [4.69, 9.17) is 4.74 Å². The molecule has 15 heavy (non-hydrogen) atoms. The van der Waals surface area contributed by atoms with Crippen molar-refractivity contribution < 1.29 is 9.53 Å². The average Bonchev–Trinajstić information content (AvgIpc) is 2.47. The Morgan fingerprint density at radius 3 is 2.33 bits per heavy atom. The summed E-state index contributed by atoms with van der Waals surface area (Å²) in [5.74, 6) is -0.152. The Morgan fingerprint density at radius 1 is 1.27 bits per heavy atom. The third-order valence-electron chi connectivity index (χ3n) is 2.81. The van der Waals surface area contributed by atoms with Crippen molar-refractivity contribution in [1.82, 2.24) is 0 Å². The molecule has 1 aliphatic rings. The first-order chi connectivity index (χ1) is 7.09. The number of carbonyl (C=O) groups is 1. The van der Waals surface area contributed by atoms with E-state index in [1.165, 1.54) is 5.56 Å². The number of esters is 1. The van der Waals surface area contributed by atoms with Gasteiger partial charge < -0.3 is 0 Å². The maximum absolute atomic E-state index is 11.4. The summed E-state index contributed by atoms with van der Waals surface area (Å²) in [5.41, 5.74) is 2.29. The van der Waals surface area contributed by atoms with Crippen LogP contribution in [-0.2, 0) is 9.53 Å². The summed E-state index contributed by atoms with van der Waals surface area (Å²) in [6, 6.07) is 8.13. The van der Waals surface area contributed by atoms with Crippen molar-refractivity contribution >= 4 is 22.0 Å². The van der Waals surface area contributed by atoms with E-state index in [9.17, 15) is 4.79 Å². The Morgan fingerprint density at radius 2 is 1.87 bits per heavy atom. The van der Waals surface area contributed by atoms with Gasteiger partial charge in [-0.15, -0.1) is 0 Å². The summed E-state index contributed by atoms with van der Waals surface area (Å²) in [6.07, 6.45) is -0.118. The topological polar surface area (TPSA) is 26.3 Å². The predicted molar refractivity (Wildman–Crippen MR) is 58.7 cm³/mol. The van der Waals surface area contributed by atoms with Gasteiger partial charge in [0.05, 0.1) is 0 Å². The van der Waals surface area contributed by atoms with Crippen LogP contribution in [0.5, 0.6) is 0 Å². The van der Waals surface area contributed by atoms with Crippen LogP contribution in [0.25, 0.3) is 0 Å². The zero-order chi connectivity index (χ0) is 11.0. The molecule has 1 aromatic carbocycles. The summed E-state index contributed by atoms with van der Waals surface area (Å²) in [7, 11) is 0. The van der Waals surface area contributed by atoms with Crippen LogP contribution in [0.4, 0.5) is 0 Å². The summed E-state index contributed by atoms with van der Waals surface area (Å²) in [5, 5.41) is 0. The molecule has 3 unspecified atom stereocenters. The van der Waals surface area contributed by atoms with Crippen LogP contribution in [0.15, 0.2) is 24.3 Å². The van der Waals surface area contributed by atoms with Crippen molar-refractivity contribution in [2.75, 3.05) is 0 Å². The second-order valence-electron chi connectivity index (χ2n) is 4.02. The molecular weight excluding hydrogens is 255 g/mol. The zero-order valence-electron chi connectivity index (χ0n) is 8.77. The van der Waals surface area contributed by atoms with Gasteiger partial charge in [0.2, 0.25) is 0 Å². The Labute approximate surface area is 97.8 Å². The fourth-order valence-corrected chi connectivity index (χ4v) is 2.39. The molecule has 1 radical (unpaired) electrons. The van der Waals surface area contributed by atoms with Gasteiger partial charge in [-0.25, -0.2) is 0 Å². The number of cyclic esters (lactones) is 1. The number of rotatable bonds is 1. The van der Waals surface area contributed by atoms with E-state index in [0.29, 0.717) is 0 Å². The van der Waals surface area contributed by atoms with Crippen LogP contribution < -0.4 is 0 Å². The van der Waals surface area contributed by atoms with Crippen molar-refractivity contribution in [3.8, 4) is 0 Å². The van der Waals surface area contributed by atoms with Gasteiger partial charge in [0, 0.05) is 0 Å². The Hall–Kier alpha value is -0.791. The second-order valence-corrected chi connectivity index (χ2v) is 5.16. The predicted octanol–water partition coefficient (Wildman–Crippen LogP) is 2.19. The van der Waals surface area contributed by atoms with Crippen molar-refractivity contribution in [2.45, 2.75) is 24.8 Å². The van der Waals surface area contributed by atoms with Crippen LogP contribution in [0.2, 0.25) is 4.82 Å². The molecule has 2 nitrogen and oxygen atoms in total. The molecule has 3 atom stereocenters. The van der Waals surface area contributed by atoms with E-state index in [-0.39, 0.29) is 22.8 Å². The summed E-state index contributed by atoms with van der Waals surface area (Å²) in [4.78, 5) is 11.5. The van der Waals surface area contributed by atoms with Gasteiger partial charge >= 0.3 is 97.6 Å². The molecule has 1 fully saturated rings. The second kappa shape index (κ2) is 3.99. The minimum absolute atomic E-state index is 0.0451. The van der Waals surface area contributed by atoms with Crippen molar-refractivity contribution in [3.05, 3.63) is 35.4 Å². The minimum atomic E-state index is -0.118. The fraction of sp³-hybridized carbons (Fsp3) is 0.417. The van der Waals surface area contributed by atoms with Crippen molar-refractivity contribution in [3.63, 3.8) is 0 Å². The first kappa shape index (κ1) is 10.7. The van der Waals surface area contributed by atoms with Gasteiger partial charge in [-0.1, -0.05) is 0 Å². The van der Waals surface area contributed by atoms with Crippen LogP contribution in [0.3, 0.4) is 0 Å². The van der Waals surface area contributed by atoms with E-state index >= 15 is 0 Å². The number of hydrogen-bond donors (Lipinski definition) is 0. The number of ether oxygens (including phenoxy) is 1. The summed E-state index contributed by atoms with van der Waals surface area (Å²) in [6.45, 7) is 3.94. The molecule has 1 saturated heterocycles. The van der Waals surface area contributed by atoms with Gasteiger partial charge in [-0.3, -0.25) is 0 Å². The number of aryl methyl sites for hydroxylation is 1. The van der Waals surface area contributed by atoms with Crippen molar-refractivity contribution in [2.24, 2.45) is 5.92 Å². The first-order valence-corrected chi connectivity index (χ1v) is 6.01. The SMILES string of the molecule is Cc1ccc(C2OC(=O)C(C)C2[Se])cc1. The van der Waals surface area contributed by atoms with E-state index in [0.717, 1.165) is 5.56 Å². The Balaban J connectivity index is 2.25. The molecule has 2 rings (SSSR count). The van der Waals surface area contributed by atoms with Crippen LogP contribution in [0.1, 0.15) is 24.2 Å². The molecule has 3 heteroatoms. The molecule has 1 aromatic rings. The molecule has 0 amide bonds. The quantitative estimate of drug-likeness (QED) is 0.576. The van der Waals surface area contributed by atoms with Crippen LogP contribution >= 0.6 is 0 Å². The molecule has 0 aromatic heterocycles. The fourth-order valence-electron chi connectivity index (χ4n) is 1.71. The number of carbonyl (C=O) groups excluding carboxylic acids is 1. The molecule has 0 aliphatic carbocycles. The van der Waals surface area contributed by atoms with Gasteiger partial charge in [0.1, 0.15) is 0 Å². The Kier molecular flexibility index (Phi) is 2.85. The van der Waals surface area contributed by atoms with Crippen LogP contribution in [0, 0.1) is 12.8 Å². The van der Waals surface area contributed by atoms with E-state index in [1.54, 1.807) is 0 Å². The maximum atomic E-state index is 11.4. The third kappa shape index (κ3) is 1.95. The number of hydrogen-bond acceptors (Lipinski definition) is 2. The van der Waals surface area contributed by atoms with Gasteiger partial charge in [-0.05, 0) is 0 Å². The average molecular weight is 268 g/mol. The molecule has 0 saturated carbocycles. The molecule has 0 spiro atoms. The van der Waals surface area contributed by atoms with E-state index < -0.39 is 0 Å². The van der Waals surface area contributed by atoms with Gasteiger partial charge in [0.25, 0.3) is 0 Å². The molecule has 1 aliphatic heterocycles. The first-order valence-electron chi connectivity index (χ1n) is 5.02. The van der Waals surface area contributed by atoms with E-state index in [1.807, 2.05) is 38.1 Å². The molecular formula is C12H13O2Se. The normalized spacial score (nSPS) is 30.3. The molecule has 0 N–H and O–H groups in total. The van der Waals surface area contributed by atoms with Gasteiger partial charge in [0.15, 0.2) is 0 Å². The zero-order valence-corrected chi connectivity index (χ0v) is 10.5. The standard InChI is InChI=1S/C12H13O2Se/c1-7-3-5-9(6-4-7)10-11(15)8(2)12(13)14-10/h3-6,8,10-11H,1-2H3. The van der Waals surface area contributed by atoms with E-state index in [2.05, 4.69) is 16.0 Å². The monoisotopic (exact) mass is 269 g/mol. The number of benzene rings is 1. The molecule has 1 heterocycles. The summed E-state index contributed by atoms with van der Waals surface area (Å²) < 4.78 is 5.34. The van der Waals surface area contributed by atoms with Crippen molar-refractivity contribution in [1.29, 1.82) is 0 Å². The third-order valence-corrected chi connectivity index (χ3v) is 4.19. The molecule has 0 bridgehead atoms. The van der Waals surface area contributed by atoms with Crippen LogP contribution in [-0.4, -0.2) is 22.0 Å².